The van der Waals surface area contributed by atoms with E-state index in [0.29, 0.717) is 13.2 Å². The van der Waals surface area contributed by atoms with Gasteiger partial charge in [0.05, 0.1) is 6.61 Å². The molecule has 1 heterocycles. The van der Waals surface area contributed by atoms with Crippen LogP contribution in [-0.2, 0) is 6.42 Å². The molecule has 0 amide bonds. The second kappa shape index (κ2) is 7.34. The van der Waals surface area contributed by atoms with Gasteiger partial charge in [-0.05, 0) is 60.8 Å². The summed E-state index contributed by atoms with van der Waals surface area (Å²) in [5, 5.41) is 1.26. The Labute approximate surface area is 136 Å². The molecule has 0 saturated heterocycles. The predicted octanol–water partition coefficient (Wildman–Crippen LogP) is 4.16. The first-order valence-corrected chi connectivity index (χ1v) is 7.35. The van der Waals surface area contributed by atoms with E-state index in [4.69, 9.17) is 10.5 Å². The van der Waals surface area contributed by atoms with Crippen LogP contribution in [0.1, 0.15) is 12.5 Å². The summed E-state index contributed by atoms with van der Waals surface area (Å²) in [6, 6.07) is 14.7. The van der Waals surface area contributed by atoms with Crippen molar-refractivity contribution in [1.29, 1.82) is 0 Å². The second-order valence-electron chi connectivity index (χ2n) is 5.07. The Balaban J connectivity index is 0.00000176. The monoisotopic (exact) mass is 316 g/mol. The van der Waals surface area contributed by atoms with Gasteiger partial charge in [-0.1, -0.05) is 18.2 Å². The van der Waals surface area contributed by atoms with Gasteiger partial charge in [-0.25, -0.2) is 0 Å². The summed E-state index contributed by atoms with van der Waals surface area (Å²) < 4.78 is 5.49. The van der Waals surface area contributed by atoms with E-state index in [-0.39, 0.29) is 12.4 Å². The van der Waals surface area contributed by atoms with Gasteiger partial charge < -0.3 is 15.5 Å². The van der Waals surface area contributed by atoms with Crippen molar-refractivity contribution in [1.82, 2.24) is 4.98 Å². The fraction of sp³-hybridized carbons (Fsp3) is 0.222. The van der Waals surface area contributed by atoms with E-state index in [0.717, 1.165) is 17.7 Å². The lowest BCUT2D eigenvalue weighted by Crippen LogP contribution is -2.01. The molecule has 0 saturated carbocycles. The predicted molar refractivity (Wildman–Crippen MR) is 94.9 cm³/mol. The van der Waals surface area contributed by atoms with Gasteiger partial charge in [0.1, 0.15) is 5.75 Å². The third-order valence-corrected chi connectivity index (χ3v) is 3.68. The van der Waals surface area contributed by atoms with Crippen LogP contribution in [-0.4, -0.2) is 18.1 Å². The summed E-state index contributed by atoms with van der Waals surface area (Å²) in [5.41, 5.74) is 10.5. The summed E-state index contributed by atoms with van der Waals surface area (Å²) >= 11 is 0. The highest BCUT2D eigenvalue weighted by molar-refractivity contribution is 5.88. The van der Waals surface area contributed by atoms with Crippen LogP contribution in [0.2, 0.25) is 0 Å². The number of hydrogen-bond acceptors (Lipinski definition) is 2. The molecule has 0 fully saturated rings. The minimum atomic E-state index is 0. The van der Waals surface area contributed by atoms with Crippen LogP contribution in [0.4, 0.5) is 0 Å². The lowest BCUT2D eigenvalue weighted by atomic mass is 10.0. The third-order valence-electron chi connectivity index (χ3n) is 3.68. The van der Waals surface area contributed by atoms with E-state index >= 15 is 0 Å². The molecule has 3 nitrogen and oxygen atoms in total. The zero-order valence-electron chi connectivity index (χ0n) is 12.6. The number of H-pyrrole nitrogens is 1. The fourth-order valence-corrected chi connectivity index (χ4v) is 2.63. The molecular weight excluding hydrogens is 296 g/mol. The molecule has 0 aliphatic rings. The number of benzene rings is 2. The second-order valence-corrected chi connectivity index (χ2v) is 5.07. The molecule has 1 aromatic heterocycles. The van der Waals surface area contributed by atoms with Crippen LogP contribution in [0, 0.1) is 0 Å². The zero-order valence-corrected chi connectivity index (χ0v) is 13.5. The first-order chi connectivity index (χ1) is 10.3. The lowest BCUT2D eigenvalue weighted by Gasteiger charge is -2.06. The molecule has 0 radical (unpaired) electrons. The SMILES string of the molecule is CCOc1ccc(-c2ccc3[nH]cc(CCN)c3c2)cc1.Cl. The minimum absolute atomic E-state index is 0. The van der Waals surface area contributed by atoms with Crippen molar-refractivity contribution in [3.05, 3.63) is 54.2 Å². The molecule has 116 valence electrons. The highest BCUT2D eigenvalue weighted by Gasteiger charge is 2.05. The molecule has 0 aliphatic carbocycles. The van der Waals surface area contributed by atoms with E-state index in [9.17, 15) is 0 Å². The van der Waals surface area contributed by atoms with E-state index < -0.39 is 0 Å². The van der Waals surface area contributed by atoms with Crippen LogP contribution in [0.5, 0.6) is 5.75 Å². The van der Waals surface area contributed by atoms with Crippen molar-refractivity contribution in [2.45, 2.75) is 13.3 Å². The Morgan fingerprint density at radius 1 is 1.05 bits per heavy atom. The van der Waals surface area contributed by atoms with Gasteiger partial charge in [0.15, 0.2) is 0 Å². The summed E-state index contributed by atoms with van der Waals surface area (Å²) in [4.78, 5) is 3.30. The van der Waals surface area contributed by atoms with E-state index in [1.54, 1.807) is 0 Å². The first kappa shape index (κ1) is 16.4. The molecule has 22 heavy (non-hydrogen) atoms. The highest BCUT2D eigenvalue weighted by Crippen LogP contribution is 2.27. The number of nitrogens with one attached hydrogen (secondary N) is 1. The molecule has 0 aliphatic heterocycles. The molecule has 2 aromatic carbocycles. The number of hydrogen-bond donors (Lipinski definition) is 2. The molecule has 0 unspecified atom stereocenters. The van der Waals surface area contributed by atoms with Gasteiger partial charge in [-0.2, -0.15) is 0 Å². The molecule has 0 bridgehead atoms. The van der Waals surface area contributed by atoms with Crippen LogP contribution < -0.4 is 10.5 Å². The van der Waals surface area contributed by atoms with Gasteiger partial charge in [0.25, 0.3) is 0 Å². The van der Waals surface area contributed by atoms with Crippen LogP contribution >= 0.6 is 12.4 Å². The summed E-state index contributed by atoms with van der Waals surface area (Å²) in [5.74, 6) is 0.910. The quantitative estimate of drug-likeness (QED) is 0.742. The average Bonchev–Trinajstić information content (AvgIpc) is 2.91. The Hall–Kier alpha value is -1.97. The number of halogens is 1. The Morgan fingerprint density at radius 3 is 2.45 bits per heavy atom. The standard InChI is InChI=1S/C18H20N2O.ClH/c1-2-21-16-6-3-13(4-7-16)14-5-8-18-17(11-14)15(9-10-19)12-20-18;/h3-8,11-12,20H,2,9-10,19H2,1H3;1H. The number of aromatic amines is 1. The number of ether oxygens (including phenoxy) is 1. The normalized spacial score (nSPS) is 10.5. The van der Waals surface area contributed by atoms with Gasteiger partial charge in [-0.15, -0.1) is 12.4 Å². The molecule has 3 aromatic rings. The van der Waals surface area contributed by atoms with Crippen molar-refractivity contribution in [3.63, 3.8) is 0 Å². The van der Waals surface area contributed by atoms with Gasteiger partial charge >= 0.3 is 0 Å². The van der Waals surface area contributed by atoms with Gasteiger partial charge in [-0.3, -0.25) is 0 Å². The topological polar surface area (TPSA) is 51.0 Å². The zero-order chi connectivity index (χ0) is 14.7. The van der Waals surface area contributed by atoms with Crippen molar-refractivity contribution in [2.75, 3.05) is 13.2 Å². The highest BCUT2D eigenvalue weighted by atomic mass is 35.5. The third kappa shape index (κ3) is 3.26. The van der Waals surface area contributed by atoms with Crippen molar-refractivity contribution in [2.24, 2.45) is 5.73 Å². The largest absolute Gasteiger partial charge is 0.494 e. The van der Waals surface area contributed by atoms with E-state index in [2.05, 4.69) is 41.5 Å². The van der Waals surface area contributed by atoms with E-state index in [1.165, 1.54) is 22.1 Å². The maximum atomic E-state index is 5.68. The summed E-state index contributed by atoms with van der Waals surface area (Å²) in [6.45, 7) is 3.35. The number of aromatic nitrogens is 1. The number of rotatable bonds is 5. The number of fused-ring (bicyclic) bond motifs is 1. The van der Waals surface area contributed by atoms with Crippen molar-refractivity contribution >= 4 is 23.3 Å². The molecule has 3 rings (SSSR count). The minimum Gasteiger partial charge on any atom is -0.494 e. The molecule has 0 spiro atoms. The van der Waals surface area contributed by atoms with Crippen LogP contribution in [0.15, 0.2) is 48.7 Å². The Bertz CT molecular complexity index is 734. The molecule has 3 N–H and O–H groups in total. The number of nitrogens with two attached hydrogens (primary N) is 1. The fourth-order valence-electron chi connectivity index (χ4n) is 2.63. The summed E-state index contributed by atoms with van der Waals surface area (Å²) in [7, 11) is 0. The Morgan fingerprint density at radius 2 is 1.77 bits per heavy atom. The maximum absolute atomic E-state index is 5.68. The lowest BCUT2D eigenvalue weighted by molar-refractivity contribution is 0.340. The van der Waals surface area contributed by atoms with Gasteiger partial charge in [0, 0.05) is 17.1 Å². The van der Waals surface area contributed by atoms with Crippen LogP contribution in [0.3, 0.4) is 0 Å². The maximum Gasteiger partial charge on any atom is 0.119 e. The average molecular weight is 317 g/mol. The summed E-state index contributed by atoms with van der Waals surface area (Å²) in [6.07, 6.45) is 2.95. The smallest absolute Gasteiger partial charge is 0.119 e. The molecule has 0 atom stereocenters. The molecule has 4 heteroatoms. The van der Waals surface area contributed by atoms with Crippen molar-refractivity contribution < 1.29 is 4.74 Å². The first-order valence-electron chi connectivity index (χ1n) is 7.35. The van der Waals surface area contributed by atoms with E-state index in [1.807, 2.05) is 19.1 Å². The Kier molecular flexibility index (Phi) is 5.47. The van der Waals surface area contributed by atoms with Crippen molar-refractivity contribution in [3.8, 4) is 16.9 Å². The van der Waals surface area contributed by atoms with Crippen LogP contribution in [0.25, 0.3) is 22.0 Å². The van der Waals surface area contributed by atoms with Gasteiger partial charge in [0.2, 0.25) is 0 Å². The molecular formula is C18H21ClN2O.